The molecule has 54 heavy (non-hydrogen) atoms. The average molecular weight is 800 g/mol. The maximum absolute atomic E-state index is 13.6. The van der Waals surface area contributed by atoms with Crippen molar-refractivity contribution in [3.05, 3.63) is 46.0 Å². The number of benzene rings is 1. The highest BCUT2D eigenvalue weighted by atomic mass is 35.5. The van der Waals surface area contributed by atoms with E-state index >= 15 is 0 Å². The van der Waals surface area contributed by atoms with E-state index in [0.717, 1.165) is 44.1 Å². The molecule has 0 aliphatic heterocycles. The first-order valence-corrected chi connectivity index (χ1v) is 19.3. The molecule has 300 valence electrons. The van der Waals surface area contributed by atoms with Gasteiger partial charge in [-0.3, -0.25) is 34.0 Å². The normalized spacial score (nSPS) is 11.9. The minimum Gasteiger partial charge on any atom is -0.379 e. The minimum atomic E-state index is -0.948. The van der Waals surface area contributed by atoms with Crippen LogP contribution in [0.3, 0.4) is 0 Å². The number of anilines is 1. The lowest BCUT2D eigenvalue weighted by molar-refractivity contribution is -0.127. The number of aromatic nitrogens is 4. The first-order chi connectivity index (χ1) is 26.2. The fraction of sp³-hybridized carbons (Fsp3) is 0.600. The van der Waals surface area contributed by atoms with Gasteiger partial charge in [-0.1, -0.05) is 36.7 Å². The van der Waals surface area contributed by atoms with Crippen molar-refractivity contribution in [2.24, 2.45) is 0 Å². The van der Waals surface area contributed by atoms with E-state index in [0.29, 0.717) is 69.5 Å². The van der Waals surface area contributed by atoms with Crippen LogP contribution >= 0.6 is 23.4 Å². The number of nitrogens with one attached hydrogen (secondary N) is 4. The molecule has 1 atom stereocenters. The number of hydrogen-bond acceptors (Lipinski definition) is 12. The second-order valence-corrected chi connectivity index (χ2v) is 13.3. The van der Waals surface area contributed by atoms with E-state index in [9.17, 15) is 23.6 Å². The molecule has 0 saturated carbocycles. The van der Waals surface area contributed by atoms with Crippen molar-refractivity contribution in [1.82, 2.24) is 30.2 Å². The van der Waals surface area contributed by atoms with E-state index in [1.54, 1.807) is 16.7 Å². The number of alkyl halides is 1. The van der Waals surface area contributed by atoms with E-state index in [1.807, 2.05) is 0 Å². The van der Waals surface area contributed by atoms with Crippen LogP contribution in [-0.4, -0.2) is 128 Å². The zero-order valence-corrected chi connectivity index (χ0v) is 32.4. The summed E-state index contributed by atoms with van der Waals surface area (Å²) in [5.74, 6) is -0.992. The molecule has 3 aromatic rings. The lowest BCUT2D eigenvalue weighted by Gasteiger charge is -2.17. The molecule has 19 heteroatoms. The van der Waals surface area contributed by atoms with Crippen LogP contribution in [0.25, 0.3) is 11.2 Å². The molecule has 16 nitrogen and oxygen atoms in total. The number of unbranched alkanes of at least 4 members (excludes halogenated alkanes) is 3. The third kappa shape index (κ3) is 17.7. The minimum absolute atomic E-state index is 0.00506. The third-order valence-electron chi connectivity index (χ3n) is 7.40. The molecule has 4 N–H and O–H groups in total. The maximum atomic E-state index is 13.6. The molecule has 0 radical (unpaired) electrons. The number of imidazole rings is 1. The number of halogens is 2. The summed E-state index contributed by atoms with van der Waals surface area (Å²) in [6, 6.07) is 4.83. The number of rotatable bonds is 29. The zero-order chi connectivity index (χ0) is 39.0. The standard InChI is InChI=1S/C35H51ClFN7O9S/c1-25(45)39-29(32(47)38-12-14-50-16-18-52-20-22-53-21-19-51-17-15-49-13-6-4-3-5-11-36)24-54-35-41-30-31(42-34(40-26(2)46)43-33(30)48)44(35)23-27-7-9-28(37)10-8-27/h7-10,29H,3-6,11-24H2,1-2H3,(H,38,47)(H,39,45)(H2,40,42,43,46,48)/t29-/m0/s1. The quantitative estimate of drug-likeness (QED) is 0.0456. The molecule has 3 rings (SSSR count). The summed E-state index contributed by atoms with van der Waals surface area (Å²) in [5, 5.41) is 8.18. The topological polar surface area (TPSA) is 197 Å². The monoisotopic (exact) mass is 799 g/mol. The number of carbonyl (C=O) groups excluding carboxylic acids is 3. The fourth-order valence-electron chi connectivity index (χ4n) is 4.83. The van der Waals surface area contributed by atoms with Crippen LogP contribution < -0.4 is 21.5 Å². The highest BCUT2D eigenvalue weighted by molar-refractivity contribution is 7.99. The van der Waals surface area contributed by atoms with Gasteiger partial charge in [0, 0.05) is 38.6 Å². The van der Waals surface area contributed by atoms with Gasteiger partial charge in [0.15, 0.2) is 16.3 Å². The van der Waals surface area contributed by atoms with Gasteiger partial charge in [0.1, 0.15) is 11.9 Å². The summed E-state index contributed by atoms with van der Waals surface area (Å²) in [6.45, 7) is 7.42. The van der Waals surface area contributed by atoms with Crippen LogP contribution in [0.1, 0.15) is 45.1 Å². The van der Waals surface area contributed by atoms with Gasteiger partial charge in [-0.2, -0.15) is 4.98 Å². The number of ether oxygens (including phenoxy) is 5. The third-order valence-corrected chi connectivity index (χ3v) is 8.74. The predicted octanol–water partition coefficient (Wildman–Crippen LogP) is 2.86. The Hall–Kier alpha value is -3.65. The van der Waals surface area contributed by atoms with Crippen LogP contribution in [0.4, 0.5) is 10.3 Å². The van der Waals surface area contributed by atoms with Crippen molar-refractivity contribution >= 4 is 58.2 Å². The maximum Gasteiger partial charge on any atom is 0.280 e. The number of nitrogens with zero attached hydrogens (tertiary/aromatic N) is 3. The molecule has 0 aliphatic carbocycles. The highest BCUT2D eigenvalue weighted by Gasteiger charge is 2.23. The van der Waals surface area contributed by atoms with Gasteiger partial charge in [0.25, 0.3) is 5.56 Å². The lowest BCUT2D eigenvalue weighted by atomic mass is 10.2. The van der Waals surface area contributed by atoms with Crippen molar-refractivity contribution in [3.63, 3.8) is 0 Å². The smallest absolute Gasteiger partial charge is 0.280 e. The van der Waals surface area contributed by atoms with E-state index in [4.69, 9.17) is 35.3 Å². The molecular formula is C35H51ClFN7O9S. The van der Waals surface area contributed by atoms with Gasteiger partial charge in [-0.05, 0) is 30.5 Å². The van der Waals surface area contributed by atoms with Crippen LogP contribution in [0, 0.1) is 5.82 Å². The molecule has 2 aromatic heterocycles. The van der Waals surface area contributed by atoms with Crippen molar-refractivity contribution < 1.29 is 42.5 Å². The lowest BCUT2D eigenvalue weighted by Crippen LogP contribution is -2.48. The Labute approximate surface area is 322 Å². The fourth-order valence-corrected chi connectivity index (χ4v) is 6.03. The molecule has 0 bridgehead atoms. The van der Waals surface area contributed by atoms with Gasteiger partial charge >= 0.3 is 0 Å². The number of amides is 3. The summed E-state index contributed by atoms with van der Waals surface area (Å²) < 4.78 is 42.8. The summed E-state index contributed by atoms with van der Waals surface area (Å²) in [5.41, 5.74) is 0.281. The zero-order valence-electron chi connectivity index (χ0n) is 30.8. The van der Waals surface area contributed by atoms with Crippen molar-refractivity contribution in [2.45, 2.75) is 57.3 Å². The van der Waals surface area contributed by atoms with E-state index in [-0.39, 0.29) is 42.6 Å². The Balaban J connectivity index is 1.36. The number of H-pyrrole nitrogens is 1. The largest absolute Gasteiger partial charge is 0.379 e. The second kappa shape index (κ2) is 26.2. The first-order valence-electron chi connectivity index (χ1n) is 17.8. The Morgan fingerprint density at radius 3 is 2.02 bits per heavy atom. The predicted molar refractivity (Wildman–Crippen MR) is 203 cm³/mol. The number of hydrogen-bond donors (Lipinski definition) is 4. The second-order valence-electron chi connectivity index (χ2n) is 11.9. The van der Waals surface area contributed by atoms with Crippen molar-refractivity contribution in [2.75, 3.05) is 89.6 Å². The summed E-state index contributed by atoms with van der Waals surface area (Å²) in [4.78, 5) is 60.8. The Morgan fingerprint density at radius 1 is 0.833 bits per heavy atom. The molecule has 3 amide bonds. The number of aromatic amines is 1. The Morgan fingerprint density at radius 2 is 1.43 bits per heavy atom. The average Bonchev–Trinajstić information content (AvgIpc) is 3.48. The molecular weight excluding hydrogens is 749 g/mol. The van der Waals surface area contributed by atoms with Crippen molar-refractivity contribution in [1.29, 1.82) is 0 Å². The van der Waals surface area contributed by atoms with Crippen LogP contribution in [-0.2, 0) is 44.6 Å². The molecule has 0 unspecified atom stereocenters. The van der Waals surface area contributed by atoms with Crippen LogP contribution in [0.15, 0.2) is 34.2 Å². The van der Waals surface area contributed by atoms with Crippen molar-refractivity contribution in [3.8, 4) is 0 Å². The van der Waals surface area contributed by atoms with Crippen LogP contribution in [0.5, 0.6) is 0 Å². The van der Waals surface area contributed by atoms with Gasteiger partial charge in [0.05, 0.1) is 66.0 Å². The molecule has 0 spiro atoms. The summed E-state index contributed by atoms with van der Waals surface area (Å²) in [7, 11) is 0. The number of thioether (sulfide) groups is 1. The van der Waals surface area contributed by atoms with Crippen LogP contribution in [0.2, 0.25) is 0 Å². The molecule has 1 aromatic carbocycles. The van der Waals surface area contributed by atoms with E-state index < -0.39 is 35.1 Å². The Bertz CT molecular complexity index is 1630. The van der Waals surface area contributed by atoms with Gasteiger partial charge in [-0.25, -0.2) is 9.37 Å². The van der Waals surface area contributed by atoms with Gasteiger partial charge in [-0.15, -0.1) is 11.6 Å². The number of carbonyl (C=O) groups is 3. The number of fused-ring (bicyclic) bond motifs is 1. The van der Waals surface area contributed by atoms with E-state index in [1.165, 1.54) is 26.0 Å². The Kier molecular flexibility index (Phi) is 21.7. The molecule has 2 heterocycles. The first kappa shape index (κ1) is 44.7. The molecule has 0 aliphatic rings. The molecule has 0 fully saturated rings. The van der Waals surface area contributed by atoms with Gasteiger partial charge < -0.3 is 34.3 Å². The summed E-state index contributed by atoms with van der Waals surface area (Å²) >= 11 is 6.78. The van der Waals surface area contributed by atoms with E-state index in [2.05, 4.69) is 30.9 Å². The SMILES string of the molecule is CC(=O)Nc1nc2c(nc(SC[C@H](NC(C)=O)C(=O)NCCOCCOCCOCCOCCOCCCCCCCl)n2Cc2ccc(F)cc2)c(=O)[nH]1. The highest BCUT2D eigenvalue weighted by Crippen LogP contribution is 2.24. The molecule has 0 saturated heterocycles. The summed E-state index contributed by atoms with van der Waals surface area (Å²) in [6.07, 6.45) is 4.35. The van der Waals surface area contributed by atoms with Gasteiger partial charge in [0.2, 0.25) is 23.7 Å².